The van der Waals surface area contributed by atoms with Crippen LogP contribution in [0.5, 0.6) is 5.75 Å². The molecule has 1 heterocycles. The van der Waals surface area contributed by atoms with E-state index in [0.717, 1.165) is 25.7 Å². The number of allylic oxidation sites excluding steroid dienone is 2. The molecule has 0 fully saturated rings. The van der Waals surface area contributed by atoms with E-state index in [9.17, 15) is 14.4 Å². The highest BCUT2D eigenvalue weighted by molar-refractivity contribution is 6.07. The van der Waals surface area contributed by atoms with Crippen molar-refractivity contribution in [3.8, 4) is 5.75 Å². The minimum absolute atomic E-state index is 0.154. The van der Waals surface area contributed by atoms with E-state index in [0.29, 0.717) is 17.4 Å². The molecule has 1 atom stereocenters. The van der Waals surface area contributed by atoms with Crippen molar-refractivity contribution in [1.82, 2.24) is 0 Å². The minimum Gasteiger partial charge on any atom is -0.480 e. The summed E-state index contributed by atoms with van der Waals surface area (Å²) in [4.78, 5) is 36.0. The van der Waals surface area contributed by atoms with E-state index in [1.54, 1.807) is 19.1 Å². The summed E-state index contributed by atoms with van der Waals surface area (Å²) in [5.74, 6) is -0.695. The number of aryl methyl sites for hydroxylation is 1. The number of ether oxygens (including phenoxy) is 1. The van der Waals surface area contributed by atoms with Gasteiger partial charge in [0.05, 0.1) is 0 Å². The second-order valence-electron chi connectivity index (χ2n) is 7.28. The van der Waals surface area contributed by atoms with Gasteiger partial charge in [0.25, 0.3) is 5.91 Å². The van der Waals surface area contributed by atoms with Gasteiger partial charge in [0, 0.05) is 11.5 Å². The minimum atomic E-state index is -0.866. The van der Waals surface area contributed by atoms with Crippen molar-refractivity contribution < 1.29 is 18.7 Å². The Morgan fingerprint density at radius 1 is 1.29 bits per heavy atom. The van der Waals surface area contributed by atoms with Crippen molar-refractivity contribution in [2.75, 3.05) is 0 Å². The Labute approximate surface area is 163 Å². The highest BCUT2D eigenvalue weighted by Gasteiger charge is 2.23. The lowest BCUT2D eigenvalue weighted by molar-refractivity contribution is -0.125. The summed E-state index contributed by atoms with van der Waals surface area (Å²) in [6.45, 7) is 3.14. The van der Waals surface area contributed by atoms with Gasteiger partial charge >= 0.3 is 5.63 Å². The molecule has 0 radical (unpaired) electrons. The predicted molar refractivity (Wildman–Crippen MR) is 107 cm³/mol. The van der Waals surface area contributed by atoms with Crippen LogP contribution in [0.4, 0.5) is 0 Å². The van der Waals surface area contributed by atoms with Crippen molar-refractivity contribution in [2.45, 2.75) is 58.5 Å². The van der Waals surface area contributed by atoms with Gasteiger partial charge in [-0.15, -0.1) is 0 Å². The maximum absolute atomic E-state index is 12.3. The molecule has 2 N–H and O–H groups in total. The Kier molecular flexibility index (Phi) is 5.97. The van der Waals surface area contributed by atoms with Crippen LogP contribution in [0.1, 0.15) is 61.4 Å². The molecule has 0 bridgehead atoms. The number of amides is 1. The summed E-state index contributed by atoms with van der Waals surface area (Å²) in [5, 5.41) is 0.653. The van der Waals surface area contributed by atoms with Crippen LogP contribution in [-0.2, 0) is 4.79 Å². The molecular formula is C22H25NO5. The Morgan fingerprint density at radius 2 is 2.07 bits per heavy atom. The van der Waals surface area contributed by atoms with Crippen LogP contribution in [0.2, 0.25) is 0 Å². The van der Waals surface area contributed by atoms with Gasteiger partial charge in [-0.1, -0.05) is 11.6 Å². The summed E-state index contributed by atoms with van der Waals surface area (Å²) < 4.78 is 11.2. The smallest absolute Gasteiger partial charge is 0.336 e. The molecule has 1 aromatic heterocycles. The zero-order chi connectivity index (χ0) is 20.3. The van der Waals surface area contributed by atoms with Gasteiger partial charge in [0.1, 0.15) is 11.3 Å². The molecular weight excluding hydrogens is 358 g/mol. The summed E-state index contributed by atoms with van der Waals surface area (Å²) >= 11 is 0. The second kappa shape index (κ2) is 8.42. The molecule has 1 unspecified atom stereocenters. The average molecular weight is 383 g/mol. The zero-order valence-corrected chi connectivity index (χ0v) is 16.2. The fourth-order valence-corrected chi connectivity index (χ4v) is 3.66. The fraction of sp³-hybridized carbons (Fsp3) is 0.409. The van der Waals surface area contributed by atoms with E-state index >= 15 is 0 Å². The van der Waals surface area contributed by atoms with Crippen LogP contribution in [0.3, 0.4) is 0 Å². The molecule has 1 amide bonds. The third-order valence-electron chi connectivity index (χ3n) is 5.13. The number of fused-ring (bicyclic) bond motifs is 1. The Morgan fingerprint density at radius 3 is 2.71 bits per heavy atom. The molecule has 0 spiro atoms. The normalized spacial score (nSPS) is 15.1. The molecule has 6 heteroatoms. The number of carbonyl (C=O) groups is 2. The van der Waals surface area contributed by atoms with Crippen molar-refractivity contribution in [1.29, 1.82) is 0 Å². The highest BCUT2D eigenvalue weighted by Crippen LogP contribution is 2.31. The monoisotopic (exact) mass is 383 g/mol. The molecule has 6 nitrogen and oxygen atoms in total. The molecule has 3 rings (SSSR count). The number of hydrogen-bond acceptors (Lipinski definition) is 5. The second-order valence-corrected chi connectivity index (χ2v) is 7.28. The van der Waals surface area contributed by atoms with Gasteiger partial charge in [-0.3, -0.25) is 9.59 Å². The summed E-state index contributed by atoms with van der Waals surface area (Å²) in [7, 11) is 0. The van der Waals surface area contributed by atoms with Gasteiger partial charge in [0.15, 0.2) is 17.5 Å². The van der Waals surface area contributed by atoms with Gasteiger partial charge < -0.3 is 14.9 Å². The summed E-state index contributed by atoms with van der Waals surface area (Å²) in [5.41, 5.74) is 7.35. The largest absolute Gasteiger partial charge is 0.480 e. The Hall–Kier alpha value is -2.89. The first-order valence-electron chi connectivity index (χ1n) is 9.59. The SMILES string of the molecule is CC(=O)c1c(OC(CCC2=CCCCC2)C(N)=O)ccc2c(C)cc(=O)oc12. The first-order chi connectivity index (χ1) is 13.4. The van der Waals surface area contributed by atoms with Crippen LogP contribution in [-0.4, -0.2) is 17.8 Å². The van der Waals surface area contributed by atoms with E-state index in [2.05, 4.69) is 6.08 Å². The molecule has 0 saturated carbocycles. The number of benzene rings is 1. The first-order valence-corrected chi connectivity index (χ1v) is 9.59. The van der Waals surface area contributed by atoms with Crippen LogP contribution in [0.15, 0.2) is 39.1 Å². The van der Waals surface area contributed by atoms with Crippen molar-refractivity contribution in [3.63, 3.8) is 0 Å². The molecule has 1 aliphatic carbocycles. The zero-order valence-electron chi connectivity index (χ0n) is 16.2. The number of Topliss-reactive ketones (excluding diaryl/α,β-unsaturated/α-hetero) is 1. The number of hydrogen-bond donors (Lipinski definition) is 1. The molecule has 1 aromatic carbocycles. The van der Waals surface area contributed by atoms with E-state index in [1.807, 2.05) is 0 Å². The molecule has 148 valence electrons. The van der Waals surface area contributed by atoms with Crippen molar-refractivity contribution in [3.05, 3.63) is 51.4 Å². The van der Waals surface area contributed by atoms with E-state index in [4.69, 9.17) is 14.9 Å². The topological polar surface area (TPSA) is 99.6 Å². The molecule has 2 aromatic rings. The lowest BCUT2D eigenvalue weighted by Gasteiger charge is -2.20. The van der Waals surface area contributed by atoms with Crippen LogP contribution in [0.25, 0.3) is 11.0 Å². The lowest BCUT2D eigenvalue weighted by Crippen LogP contribution is -2.34. The van der Waals surface area contributed by atoms with Crippen LogP contribution < -0.4 is 16.1 Å². The number of primary amides is 1. The number of carbonyl (C=O) groups excluding carboxylic acids is 2. The Bertz CT molecular complexity index is 1000. The maximum atomic E-state index is 12.3. The van der Waals surface area contributed by atoms with Gasteiger partial charge in [0.2, 0.25) is 0 Å². The first kappa shape index (κ1) is 19.9. The van der Waals surface area contributed by atoms with Gasteiger partial charge in [-0.25, -0.2) is 4.79 Å². The molecule has 1 aliphatic rings. The standard InChI is InChI=1S/C22H25NO5/c1-13-12-19(25)28-21-16(13)9-11-17(20(21)14(2)24)27-18(22(23)26)10-8-15-6-4-3-5-7-15/h6,9,11-12,18H,3-5,7-8,10H2,1-2H3,(H2,23,26). The van der Waals surface area contributed by atoms with Crippen molar-refractivity contribution in [2.24, 2.45) is 5.73 Å². The highest BCUT2D eigenvalue weighted by atomic mass is 16.5. The summed E-state index contributed by atoms with van der Waals surface area (Å²) in [6.07, 6.45) is 6.97. The van der Waals surface area contributed by atoms with Gasteiger partial charge in [-0.2, -0.15) is 0 Å². The predicted octanol–water partition coefficient (Wildman–Crippen LogP) is 3.82. The van der Waals surface area contributed by atoms with E-state index in [1.165, 1.54) is 25.0 Å². The van der Waals surface area contributed by atoms with E-state index in [-0.39, 0.29) is 22.7 Å². The Balaban J connectivity index is 1.93. The third-order valence-corrected chi connectivity index (χ3v) is 5.13. The van der Waals surface area contributed by atoms with Crippen molar-refractivity contribution >= 4 is 22.7 Å². The molecule has 0 aliphatic heterocycles. The lowest BCUT2D eigenvalue weighted by atomic mass is 9.95. The average Bonchev–Trinajstić information content (AvgIpc) is 2.64. The molecule has 0 saturated heterocycles. The van der Waals surface area contributed by atoms with Gasteiger partial charge in [-0.05, 0) is 70.1 Å². The van der Waals surface area contributed by atoms with E-state index < -0.39 is 17.6 Å². The molecule has 28 heavy (non-hydrogen) atoms. The fourth-order valence-electron chi connectivity index (χ4n) is 3.66. The summed E-state index contributed by atoms with van der Waals surface area (Å²) in [6, 6.07) is 4.72. The number of rotatable bonds is 7. The maximum Gasteiger partial charge on any atom is 0.336 e. The quantitative estimate of drug-likeness (QED) is 0.445. The van der Waals surface area contributed by atoms with Crippen LogP contribution in [0, 0.1) is 6.92 Å². The number of ketones is 1. The number of nitrogens with two attached hydrogens (primary N) is 1. The van der Waals surface area contributed by atoms with Crippen LogP contribution >= 0.6 is 0 Å². The third kappa shape index (κ3) is 4.32.